The molecule has 1 nitrogen and oxygen atoms in total. The van der Waals surface area contributed by atoms with Gasteiger partial charge in [0.2, 0.25) is 0 Å². The van der Waals surface area contributed by atoms with Gasteiger partial charge in [0.05, 0.1) is 0 Å². The van der Waals surface area contributed by atoms with Crippen LogP contribution in [0.5, 0.6) is 0 Å². The van der Waals surface area contributed by atoms with Crippen molar-refractivity contribution in [2.24, 2.45) is 0 Å². The van der Waals surface area contributed by atoms with Gasteiger partial charge in [-0.3, -0.25) is 4.90 Å². The molecule has 0 aliphatic carbocycles. The van der Waals surface area contributed by atoms with Crippen molar-refractivity contribution in [2.75, 3.05) is 0 Å². The molecule has 0 bridgehead atoms. The maximum Gasteiger partial charge on any atom is 0.0327 e. The second-order valence-electron chi connectivity index (χ2n) is 5.17. The number of rotatable bonds is 4. The highest BCUT2D eigenvalue weighted by atomic mass is 15.2. The molecule has 0 aliphatic rings. The van der Waals surface area contributed by atoms with Crippen molar-refractivity contribution in [1.82, 2.24) is 4.90 Å². The molecule has 1 rings (SSSR count). The van der Waals surface area contributed by atoms with Crippen LogP contribution in [-0.4, -0.2) is 17.0 Å². The van der Waals surface area contributed by atoms with Crippen molar-refractivity contribution in [2.45, 2.75) is 59.7 Å². The van der Waals surface area contributed by atoms with E-state index in [4.69, 9.17) is 0 Å². The standard InChI is InChI=1S/C15H25N/c1-11(2)16(12(3)4)14(6)15-10-8-7-9-13(15)5/h7-12,14H,1-6H3. The van der Waals surface area contributed by atoms with E-state index in [1.54, 1.807) is 0 Å². The Hall–Kier alpha value is -0.820. The van der Waals surface area contributed by atoms with Crippen LogP contribution in [0.4, 0.5) is 0 Å². The van der Waals surface area contributed by atoms with Gasteiger partial charge in [0, 0.05) is 18.1 Å². The summed E-state index contributed by atoms with van der Waals surface area (Å²) in [5.74, 6) is 0. The first kappa shape index (κ1) is 13.2. The lowest BCUT2D eigenvalue weighted by Gasteiger charge is -2.37. The van der Waals surface area contributed by atoms with E-state index in [2.05, 4.69) is 70.7 Å². The lowest BCUT2D eigenvalue weighted by Crippen LogP contribution is -2.39. The molecule has 1 aromatic rings. The second kappa shape index (κ2) is 5.49. The van der Waals surface area contributed by atoms with E-state index >= 15 is 0 Å². The van der Waals surface area contributed by atoms with Gasteiger partial charge in [0.15, 0.2) is 0 Å². The van der Waals surface area contributed by atoms with Crippen LogP contribution in [0.3, 0.4) is 0 Å². The molecule has 1 unspecified atom stereocenters. The third kappa shape index (κ3) is 2.85. The summed E-state index contributed by atoms with van der Waals surface area (Å²) < 4.78 is 0. The third-order valence-electron chi connectivity index (χ3n) is 3.28. The highest BCUT2D eigenvalue weighted by Crippen LogP contribution is 2.26. The van der Waals surface area contributed by atoms with E-state index < -0.39 is 0 Å². The lowest BCUT2D eigenvalue weighted by molar-refractivity contribution is 0.122. The molecule has 0 fully saturated rings. The predicted molar refractivity (Wildman–Crippen MR) is 71.7 cm³/mol. The number of hydrogen-bond donors (Lipinski definition) is 0. The van der Waals surface area contributed by atoms with Crippen LogP contribution >= 0.6 is 0 Å². The molecule has 0 saturated heterocycles. The maximum absolute atomic E-state index is 2.56. The molecule has 0 aromatic heterocycles. The molecule has 90 valence electrons. The number of aryl methyl sites for hydroxylation is 1. The molecule has 0 aliphatic heterocycles. The highest BCUT2D eigenvalue weighted by Gasteiger charge is 2.22. The summed E-state index contributed by atoms with van der Waals surface area (Å²) in [6, 6.07) is 10.3. The summed E-state index contributed by atoms with van der Waals surface area (Å²) in [4.78, 5) is 2.56. The van der Waals surface area contributed by atoms with E-state index in [0.29, 0.717) is 18.1 Å². The zero-order valence-electron chi connectivity index (χ0n) is 11.5. The summed E-state index contributed by atoms with van der Waals surface area (Å²) >= 11 is 0. The topological polar surface area (TPSA) is 3.24 Å². The van der Waals surface area contributed by atoms with Crippen molar-refractivity contribution in [3.63, 3.8) is 0 Å². The van der Waals surface area contributed by atoms with E-state index in [1.807, 2.05) is 0 Å². The zero-order valence-corrected chi connectivity index (χ0v) is 11.5. The molecule has 0 radical (unpaired) electrons. The van der Waals surface area contributed by atoms with Gasteiger partial charge in [-0.05, 0) is 52.7 Å². The Morgan fingerprint density at radius 2 is 1.38 bits per heavy atom. The van der Waals surface area contributed by atoms with Crippen molar-refractivity contribution < 1.29 is 0 Å². The minimum absolute atomic E-state index is 0.487. The van der Waals surface area contributed by atoms with Crippen LogP contribution in [0.1, 0.15) is 51.8 Å². The monoisotopic (exact) mass is 219 g/mol. The Bertz CT molecular complexity index is 320. The molecular weight excluding hydrogens is 194 g/mol. The Labute approximate surface area is 100 Å². The Balaban J connectivity index is 2.99. The van der Waals surface area contributed by atoms with Crippen LogP contribution in [0.15, 0.2) is 24.3 Å². The average Bonchev–Trinajstić information content (AvgIpc) is 2.16. The fraction of sp³-hybridized carbons (Fsp3) is 0.600. The van der Waals surface area contributed by atoms with Crippen molar-refractivity contribution in [1.29, 1.82) is 0 Å². The third-order valence-corrected chi connectivity index (χ3v) is 3.28. The molecule has 0 heterocycles. The van der Waals surface area contributed by atoms with Crippen LogP contribution in [0, 0.1) is 6.92 Å². The van der Waals surface area contributed by atoms with E-state index in [-0.39, 0.29) is 0 Å². The fourth-order valence-electron chi connectivity index (χ4n) is 2.71. The number of benzene rings is 1. The van der Waals surface area contributed by atoms with Gasteiger partial charge in [-0.25, -0.2) is 0 Å². The second-order valence-corrected chi connectivity index (χ2v) is 5.17. The van der Waals surface area contributed by atoms with Gasteiger partial charge >= 0.3 is 0 Å². The quantitative estimate of drug-likeness (QED) is 0.734. The molecule has 1 heteroatoms. The molecule has 0 spiro atoms. The van der Waals surface area contributed by atoms with Crippen LogP contribution in [-0.2, 0) is 0 Å². The van der Waals surface area contributed by atoms with Crippen LogP contribution in [0.25, 0.3) is 0 Å². The molecular formula is C15H25N. The van der Waals surface area contributed by atoms with E-state index in [9.17, 15) is 0 Å². The average molecular weight is 219 g/mol. The Morgan fingerprint density at radius 3 is 1.81 bits per heavy atom. The summed E-state index contributed by atoms with van der Waals surface area (Å²) in [7, 11) is 0. The molecule has 0 saturated carbocycles. The maximum atomic E-state index is 2.56. The van der Waals surface area contributed by atoms with E-state index in [1.165, 1.54) is 11.1 Å². The predicted octanol–water partition coefficient (Wildman–Crippen LogP) is 4.17. The van der Waals surface area contributed by atoms with Gasteiger partial charge in [-0.15, -0.1) is 0 Å². The van der Waals surface area contributed by atoms with Crippen molar-refractivity contribution in [3.8, 4) is 0 Å². The van der Waals surface area contributed by atoms with Gasteiger partial charge in [-0.1, -0.05) is 24.3 Å². The largest absolute Gasteiger partial charge is 0.292 e. The summed E-state index contributed by atoms with van der Waals surface area (Å²) in [6.45, 7) is 13.6. The van der Waals surface area contributed by atoms with Gasteiger partial charge in [0.1, 0.15) is 0 Å². The van der Waals surface area contributed by atoms with Gasteiger partial charge in [-0.2, -0.15) is 0 Å². The molecule has 1 aromatic carbocycles. The van der Waals surface area contributed by atoms with Gasteiger partial charge in [0.25, 0.3) is 0 Å². The van der Waals surface area contributed by atoms with Crippen LogP contribution in [0.2, 0.25) is 0 Å². The molecule has 16 heavy (non-hydrogen) atoms. The zero-order chi connectivity index (χ0) is 12.3. The minimum Gasteiger partial charge on any atom is -0.292 e. The number of hydrogen-bond acceptors (Lipinski definition) is 1. The smallest absolute Gasteiger partial charge is 0.0327 e. The fourth-order valence-corrected chi connectivity index (χ4v) is 2.71. The summed E-state index contributed by atoms with van der Waals surface area (Å²) in [5.41, 5.74) is 2.84. The number of nitrogens with zero attached hydrogens (tertiary/aromatic N) is 1. The van der Waals surface area contributed by atoms with Crippen molar-refractivity contribution in [3.05, 3.63) is 35.4 Å². The normalized spacial score (nSPS) is 13.8. The minimum atomic E-state index is 0.487. The first-order valence-corrected chi connectivity index (χ1v) is 6.28. The lowest BCUT2D eigenvalue weighted by atomic mass is 9.99. The molecule has 0 amide bonds. The first-order valence-electron chi connectivity index (χ1n) is 6.28. The van der Waals surface area contributed by atoms with Gasteiger partial charge < -0.3 is 0 Å². The van der Waals surface area contributed by atoms with Crippen molar-refractivity contribution >= 4 is 0 Å². The summed E-state index contributed by atoms with van der Waals surface area (Å²) in [6.07, 6.45) is 0. The molecule has 0 N–H and O–H groups in total. The SMILES string of the molecule is Cc1ccccc1C(C)N(C(C)C)C(C)C. The highest BCUT2D eigenvalue weighted by molar-refractivity contribution is 5.28. The van der Waals surface area contributed by atoms with Crippen LogP contribution < -0.4 is 0 Å². The van der Waals surface area contributed by atoms with E-state index in [0.717, 1.165) is 0 Å². The summed E-state index contributed by atoms with van der Waals surface area (Å²) in [5, 5.41) is 0. The Morgan fingerprint density at radius 1 is 0.875 bits per heavy atom. The first-order chi connectivity index (χ1) is 7.45. The Kier molecular flexibility index (Phi) is 4.55. The molecule has 1 atom stereocenters.